The minimum absolute atomic E-state index is 0.114. The second kappa shape index (κ2) is 4.18. The first-order valence-corrected chi connectivity index (χ1v) is 6.32. The Morgan fingerprint density at radius 1 is 1.53 bits per heavy atom. The number of amides is 1. The molecule has 0 aliphatic carbocycles. The predicted octanol–water partition coefficient (Wildman–Crippen LogP) is 1.41. The topological polar surface area (TPSA) is 45.5 Å². The summed E-state index contributed by atoms with van der Waals surface area (Å²) in [6.07, 6.45) is 3.97. The van der Waals surface area contributed by atoms with Crippen LogP contribution in [0.15, 0.2) is 16.7 Å². The maximum absolute atomic E-state index is 12.3. The normalized spacial score (nSPS) is 28.2. The Hall–Kier alpha value is -1.29. The second-order valence-corrected chi connectivity index (χ2v) is 5.04. The number of carbonyl (C=O) groups excluding carboxylic acids is 1. The first-order valence-electron chi connectivity index (χ1n) is 6.32. The number of likely N-dealkylation sites (tertiary alicyclic amines) is 1. The molecule has 3 heterocycles. The molecule has 0 aromatic carbocycles. The zero-order valence-electron chi connectivity index (χ0n) is 10.1. The van der Waals surface area contributed by atoms with Crippen LogP contribution < -0.4 is 5.32 Å². The number of rotatable bonds is 1. The van der Waals surface area contributed by atoms with Crippen molar-refractivity contribution >= 4 is 5.91 Å². The molecule has 0 saturated carbocycles. The molecular formula is C13H18N2O2. The van der Waals surface area contributed by atoms with Crippen LogP contribution >= 0.6 is 0 Å². The highest BCUT2D eigenvalue weighted by Gasteiger charge is 2.34. The third-order valence-corrected chi connectivity index (χ3v) is 4.05. The van der Waals surface area contributed by atoms with Gasteiger partial charge in [-0.2, -0.15) is 0 Å². The molecule has 2 saturated heterocycles. The van der Waals surface area contributed by atoms with Gasteiger partial charge in [-0.1, -0.05) is 0 Å². The van der Waals surface area contributed by atoms with Crippen molar-refractivity contribution in [2.75, 3.05) is 19.6 Å². The quantitative estimate of drug-likeness (QED) is 0.799. The fraction of sp³-hybridized carbons (Fsp3) is 0.615. The van der Waals surface area contributed by atoms with Crippen LogP contribution in [0.25, 0.3) is 0 Å². The number of fused-ring (bicyclic) bond motifs is 1. The van der Waals surface area contributed by atoms with E-state index in [1.165, 1.54) is 6.42 Å². The van der Waals surface area contributed by atoms with E-state index >= 15 is 0 Å². The van der Waals surface area contributed by atoms with Gasteiger partial charge in [-0.05, 0) is 38.3 Å². The van der Waals surface area contributed by atoms with Crippen LogP contribution in [-0.2, 0) is 0 Å². The minimum atomic E-state index is 0.114. The van der Waals surface area contributed by atoms with Crippen molar-refractivity contribution in [1.29, 1.82) is 0 Å². The number of hydrogen-bond acceptors (Lipinski definition) is 3. The highest BCUT2D eigenvalue weighted by atomic mass is 16.3. The van der Waals surface area contributed by atoms with E-state index in [2.05, 4.69) is 5.32 Å². The molecule has 1 aromatic rings. The summed E-state index contributed by atoms with van der Waals surface area (Å²) in [5, 5.41) is 3.49. The summed E-state index contributed by atoms with van der Waals surface area (Å²) >= 11 is 0. The summed E-state index contributed by atoms with van der Waals surface area (Å²) in [5.74, 6) is 1.60. The van der Waals surface area contributed by atoms with E-state index in [0.717, 1.165) is 37.7 Å². The van der Waals surface area contributed by atoms with Crippen LogP contribution in [-0.4, -0.2) is 36.5 Å². The summed E-state index contributed by atoms with van der Waals surface area (Å²) in [6, 6.07) is 2.27. The predicted molar refractivity (Wildman–Crippen MR) is 63.9 cm³/mol. The SMILES string of the molecule is Cc1occc1C(=O)N1CCC2CCNC2C1. The van der Waals surface area contributed by atoms with Crippen LogP contribution in [0.1, 0.15) is 29.0 Å². The molecule has 2 aliphatic rings. The van der Waals surface area contributed by atoms with Gasteiger partial charge in [0.2, 0.25) is 0 Å². The molecule has 3 rings (SSSR count). The van der Waals surface area contributed by atoms with Crippen LogP contribution in [0, 0.1) is 12.8 Å². The smallest absolute Gasteiger partial charge is 0.257 e. The van der Waals surface area contributed by atoms with Gasteiger partial charge in [0.15, 0.2) is 0 Å². The molecule has 1 N–H and O–H groups in total. The molecule has 92 valence electrons. The summed E-state index contributed by atoms with van der Waals surface area (Å²) in [6.45, 7) is 4.66. The molecule has 17 heavy (non-hydrogen) atoms. The first kappa shape index (κ1) is 10.8. The molecule has 2 unspecified atom stereocenters. The number of furan rings is 1. The van der Waals surface area contributed by atoms with Gasteiger partial charge in [-0.25, -0.2) is 0 Å². The Morgan fingerprint density at radius 2 is 2.41 bits per heavy atom. The largest absolute Gasteiger partial charge is 0.469 e. The van der Waals surface area contributed by atoms with E-state index in [-0.39, 0.29) is 5.91 Å². The van der Waals surface area contributed by atoms with Crippen LogP contribution in [0.4, 0.5) is 0 Å². The second-order valence-electron chi connectivity index (χ2n) is 5.04. The van der Waals surface area contributed by atoms with Crippen LogP contribution in [0.2, 0.25) is 0 Å². The van der Waals surface area contributed by atoms with Gasteiger partial charge in [-0.15, -0.1) is 0 Å². The molecule has 4 nitrogen and oxygen atoms in total. The van der Waals surface area contributed by atoms with E-state index in [0.29, 0.717) is 11.6 Å². The van der Waals surface area contributed by atoms with Gasteiger partial charge < -0.3 is 14.6 Å². The molecule has 2 atom stereocenters. The summed E-state index contributed by atoms with van der Waals surface area (Å²) in [7, 11) is 0. The number of carbonyl (C=O) groups is 1. The Morgan fingerprint density at radius 3 is 3.18 bits per heavy atom. The Kier molecular flexibility index (Phi) is 2.67. The molecule has 1 aromatic heterocycles. The molecule has 2 fully saturated rings. The lowest BCUT2D eigenvalue weighted by atomic mass is 9.92. The van der Waals surface area contributed by atoms with Crippen molar-refractivity contribution in [3.05, 3.63) is 23.7 Å². The summed E-state index contributed by atoms with van der Waals surface area (Å²) in [4.78, 5) is 14.3. The van der Waals surface area contributed by atoms with Crippen molar-refractivity contribution in [1.82, 2.24) is 10.2 Å². The Balaban J connectivity index is 1.73. The lowest BCUT2D eigenvalue weighted by Gasteiger charge is -2.34. The minimum Gasteiger partial charge on any atom is -0.469 e. The number of nitrogens with one attached hydrogen (secondary N) is 1. The molecule has 0 spiro atoms. The van der Waals surface area contributed by atoms with E-state index in [1.807, 2.05) is 11.8 Å². The summed E-state index contributed by atoms with van der Waals surface area (Å²) in [5.41, 5.74) is 0.710. The molecular weight excluding hydrogens is 216 g/mol. The molecule has 0 bridgehead atoms. The fourth-order valence-corrected chi connectivity index (χ4v) is 2.99. The van der Waals surface area contributed by atoms with Crippen molar-refractivity contribution in [3.63, 3.8) is 0 Å². The highest BCUT2D eigenvalue weighted by Crippen LogP contribution is 2.26. The number of aryl methyl sites for hydroxylation is 1. The van der Waals surface area contributed by atoms with Crippen molar-refractivity contribution in [2.45, 2.75) is 25.8 Å². The average molecular weight is 234 g/mol. The maximum atomic E-state index is 12.3. The van der Waals surface area contributed by atoms with Crippen LogP contribution in [0.3, 0.4) is 0 Å². The standard InChI is InChI=1S/C13H18N2O2/c1-9-11(4-7-17-9)13(16)15-6-3-10-2-5-14-12(10)8-15/h4,7,10,12,14H,2-3,5-6,8H2,1H3. The van der Waals surface area contributed by atoms with Crippen molar-refractivity contribution in [2.24, 2.45) is 5.92 Å². The van der Waals surface area contributed by atoms with E-state index in [4.69, 9.17) is 4.42 Å². The highest BCUT2D eigenvalue weighted by molar-refractivity contribution is 5.95. The van der Waals surface area contributed by atoms with Crippen LogP contribution in [0.5, 0.6) is 0 Å². The zero-order valence-corrected chi connectivity index (χ0v) is 10.1. The van der Waals surface area contributed by atoms with Gasteiger partial charge in [0.25, 0.3) is 5.91 Å². The molecule has 1 amide bonds. The van der Waals surface area contributed by atoms with Crippen molar-refractivity contribution in [3.8, 4) is 0 Å². The van der Waals surface area contributed by atoms with Gasteiger partial charge in [-0.3, -0.25) is 4.79 Å². The Bertz CT molecular complexity index is 427. The molecule has 4 heteroatoms. The third kappa shape index (κ3) is 1.86. The van der Waals surface area contributed by atoms with E-state index in [9.17, 15) is 4.79 Å². The number of nitrogens with zero attached hydrogens (tertiary/aromatic N) is 1. The lowest BCUT2D eigenvalue weighted by Crippen LogP contribution is -2.48. The van der Waals surface area contributed by atoms with Crippen molar-refractivity contribution < 1.29 is 9.21 Å². The summed E-state index contributed by atoms with van der Waals surface area (Å²) < 4.78 is 5.20. The maximum Gasteiger partial charge on any atom is 0.257 e. The monoisotopic (exact) mass is 234 g/mol. The first-order chi connectivity index (χ1) is 8.25. The van der Waals surface area contributed by atoms with Gasteiger partial charge >= 0.3 is 0 Å². The Labute approximate surface area is 101 Å². The number of piperidine rings is 1. The van der Waals surface area contributed by atoms with Gasteiger partial charge in [0.05, 0.1) is 11.8 Å². The zero-order chi connectivity index (χ0) is 11.8. The van der Waals surface area contributed by atoms with Gasteiger partial charge in [0.1, 0.15) is 5.76 Å². The lowest BCUT2D eigenvalue weighted by molar-refractivity contribution is 0.0667. The average Bonchev–Trinajstić information content (AvgIpc) is 2.95. The van der Waals surface area contributed by atoms with E-state index in [1.54, 1.807) is 12.3 Å². The molecule has 2 aliphatic heterocycles. The number of hydrogen-bond donors (Lipinski definition) is 1. The fourth-order valence-electron chi connectivity index (χ4n) is 2.99. The third-order valence-electron chi connectivity index (χ3n) is 4.05. The van der Waals surface area contributed by atoms with E-state index < -0.39 is 0 Å². The molecule has 0 radical (unpaired) electrons. The van der Waals surface area contributed by atoms with Gasteiger partial charge in [0, 0.05) is 19.1 Å².